The quantitative estimate of drug-likeness (QED) is 0.927. The van der Waals surface area contributed by atoms with Crippen LogP contribution in [0, 0.1) is 0 Å². The Bertz CT molecular complexity index is 570. The minimum atomic E-state index is -0.0344. The number of hydrogen-bond donors (Lipinski definition) is 1. The zero-order chi connectivity index (χ0) is 13.9. The minimum absolute atomic E-state index is 0.0344. The van der Waals surface area contributed by atoms with Crippen molar-refractivity contribution in [2.24, 2.45) is 5.73 Å². The van der Waals surface area contributed by atoms with Gasteiger partial charge >= 0.3 is 0 Å². The van der Waals surface area contributed by atoms with Crippen molar-refractivity contribution in [3.63, 3.8) is 0 Å². The summed E-state index contributed by atoms with van der Waals surface area (Å²) in [5.41, 5.74) is 8.24. The van der Waals surface area contributed by atoms with Gasteiger partial charge in [0.25, 0.3) is 0 Å². The van der Waals surface area contributed by atoms with Crippen LogP contribution in [-0.4, -0.2) is 12.7 Å². The summed E-state index contributed by atoms with van der Waals surface area (Å²) < 4.78 is 11.8. The maximum atomic E-state index is 5.96. The molecule has 2 N–H and O–H groups in total. The highest BCUT2D eigenvalue weighted by Gasteiger charge is 2.23. The number of para-hydroxylation sites is 2. The summed E-state index contributed by atoms with van der Waals surface area (Å²) in [4.78, 5) is 0. The predicted octanol–water partition coefficient (Wildman–Crippen LogP) is 3.09. The molecule has 2 unspecified atom stereocenters. The molecule has 104 valence electrons. The Morgan fingerprint density at radius 2 is 1.95 bits per heavy atom. The summed E-state index contributed by atoms with van der Waals surface area (Å²) in [5.74, 6) is 1.82. The monoisotopic (exact) mass is 269 g/mol. The highest BCUT2D eigenvalue weighted by molar-refractivity contribution is 5.38. The average Bonchev–Trinajstić information content (AvgIpc) is 2.88. The molecule has 0 bridgehead atoms. The lowest BCUT2D eigenvalue weighted by Crippen LogP contribution is -2.23. The van der Waals surface area contributed by atoms with E-state index in [2.05, 4.69) is 6.07 Å². The molecule has 1 aliphatic rings. The molecule has 3 nitrogen and oxygen atoms in total. The fourth-order valence-corrected chi connectivity index (χ4v) is 2.52. The van der Waals surface area contributed by atoms with E-state index < -0.39 is 0 Å². The molecule has 0 fully saturated rings. The van der Waals surface area contributed by atoms with Crippen molar-refractivity contribution in [3.05, 3.63) is 59.7 Å². The lowest BCUT2D eigenvalue weighted by molar-refractivity contribution is 0.147. The van der Waals surface area contributed by atoms with Gasteiger partial charge in [0.2, 0.25) is 0 Å². The molecule has 1 aliphatic heterocycles. The van der Waals surface area contributed by atoms with Gasteiger partial charge in [-0.25, -0.2) is 0 Å². The largest absolute Gasteiger partial charge is 0.489 e. The molecule has 0 aromatic heterocycles. The van der Waals surface area contributed by atoms with Crippen molar-refractivity contribution in [2.45, 2.75) is 25.5 Å². The molecule has 0 saturated carbocycles. The molecule has 0 spiro atoms. The first kappa shape index (κ1) is 13.0. The third-order valence-corrected chi connectivity index (χ3v) is 3.55. The first-order valence-corrected chi connectivity index (χ1v) is 6.96. The molecule has 3 rings (SSSR count). The maximum absolute atomic E-state index is 5.96. The molecule has 20 heavy (non-hydrogen) atoms. The number of ether oxygens (including phenoxy) is 2. The van der Waals surface area contributed by atoms with E-state index in [0.717, 1.165) is 23.5 Å². The van der Waals surface area contributed by atoms with Gasteiger partial charge in [0.15, 0.2) is 0 Å². The van der Waals surface area contributed by atoms with Crippen molar-refractivity contribution >= 4 is 0 Å². The lowest BCUT2D eigenvalue weighted by atomic mass is 10.1. The SMILES string of the molecule is CC(N)c1ccccc1OCC1Cc2ccccc2O1. The molecule has 1 heterocycles. The van der Waals surface area contributed by atoms with Crippen molar-refractivity contribution in [3.8, 4) is 11.5 Å². The van der Waals surface area contributed by atoms with Gasteiger partial charge in [0, 0.05) is 18.0 Å². The standard InChI is InChI=1S/C17H19NO2/c1-12(18)15-7-3-5-9-17(15)19-11-14-10-13-6-2-4-8-16(13)20-14/h2-9,12,14H,10-11,18H2,1H3. The van der Waals surface area contributed by atoms with Crippen LogP contribution in [0.15, 0.2) is 48.5 Å². The van der Waals surface area contributed by atoms with Gasteiger partial charge in [-0.05, 0) is 24.6 Å². The van der Waals surface area contributed by atoms with Gasteiger partial charge in [-0.3, -0.25) is 0 Å². The van der Waals surface area contributed by atoms with Gasteiger partial charge in [-0.15, -0.1) is 0 Å². The van der Waals surface area contributed by atoms with E-state index in [1.807, 2.05) is 49.4 Å². The van der Waals surface area contributed by atoms with Crippen LogP contribution in [0.25, 0.3) is 0 Å². The summed E-state index contributed by atoms with van der Waals surface area (Å²) in [6.07, 6.45) is 0.977. The van der Waals surface area contributed by atoms with E-state index >= 15 is 0 Å². The molecular formula is C17H19NO2. The lowest BCUT2D eigenvalue weighted by Gasteiger charge is -2.16. The van der Waals surface area contributed by atoms with Crippen LogP contribution in [0.1, 0.15) is 24.1 Å². The van der Waals surface area contributed by atoms with E-state index in [-0.39, 0.29) is 12.1 Å². The zero-order valence-corrected chi connectivity index (χ0v) is 11.6. The third kappa shape index (κ3) is 2.63. The van der Waals surface area contributed by atoms with E-state index in [1.54, 1.807) is 0 Å². The van der Waals surface area contributed by atoms with Crippen LogP contribution in [0.2, 0.25) is 0 Å². The van der Waals surface area contributed by atoms with Crippen LogP contribution in [0.5, 0.6) is 11.5 Å². The summed E-state index contributed by atoms with van der Waals surface area (Å²) in [6, 6.07) is 16.0. The van der Waals surface area contributed by atoms with Crippen LogP contribution < -0.4 is 15.2 Å². The molecular weight excluding hydrogens is 250 g/mol. The zero-order valence-electron chi connectivity index (χ0n) is 11.6. The molecule has 0 saturated heterocycles. The highest BCUT2D eigenvalue weighted by atomic mass is 16.5. The molecule has 2 atom stereocenters. The van der Waals surface area contributed by atoms with Gasteiger partial charge in [0.05, 0.1) is 0 Å². The Kier molecular flexibility index (Phi) is 3.61. The van der Waals surface area contributed by atoms with E-state index in [4.69, 9.17) is 15.2 Å². The van der Waals surface area contributed by atoms with Gasteiger partial charge < -0.3 is 15.2 Å². The fourth-order valence-electron chi connectivity index (χ4n) is 2.52. The summed E-state index contributed by atoms with van der Waals surface area (Å²) in [5, 5.41) is 0. The molecule has 0 radical (unpaired) electrons. The van der Waals surface area contributed by atoms with Crippen LogP contribution >= 0.6 is 0 Å². The smallest absolute Gasteiger partial charge is 0.137 e. The fraction of sp³-hybridized carbons (Fsp3) is 0.294. The van der Waals surface area contributed by atoms with Crippen LogP contribution in [0.4, 0.5) is 0 Å². The van der Waals surface area contributed by atoms with E-state index in [0.29, 0.717) is 6.61 Å². The topological polar surface area (TPSA) is 44.5 Å². The Balaban J connectivity index is 1.65. The Hall–Kier alpha value is -2.00. The number of rotatable bonds is 4. The number of fused-ring (bicyclic) bond motifs is 1. The Morgan fingerprint density at radius 1 is 1.20 bits per heavy atom. The van der Waals surface area contributed by atoms with Crippen LogP contribution in [-0.2, 0) is 6.42 Å². The van der Waals surface area contributed by atoms with Gasteiger partial charge in [-0.2, -0.15) is 0 Å². The Morgan fingerprint density at radius 3 is 2.75 bits per heavy atom. The molecule has 2 aromatic carbocycles. The van der Waals surface area contributed by atoms with Crippen molar-refractivity contribution in [2.75, 3.05) is 6.61 Å². The van der Waals surface area contributed by atoms with E-state index in [9.17, 15) is 0 Å². The van der Waals surface area contributed by atoms with Crippen molar-refractivity contribution in [1.82, 2.24) is 0 Å². The molecule has 3 heteroatoms. The normalized spacial score (nSPS) is 18.2. The average molecular weight is 269 g/mol. The summed E-state index contributed by atoms with van der Waals surface area (Å²) in [7, 11) is 0. The highest BCUT2D eigenvalue weighted by Crippen LogP contribution is 2.29. The molecule has 0 amide bonds. The first-order valence-electron chi connectivity index (χ1n) is 6.96. The van der Waals surface area contributed by atoms with Crippen molar-refractivity contribution < 1.29 is 9.47 Å². The van der Waals surface area contributed by atoms with Gasteiger partial charge in [0.1, 0.15) is 24.2 Å². The number of hydrogen-bond acceptors (Lipinski definition) is 3. The second-order valence-electron chi connectivity index (χ2n) is 5.19. The minimum Gasteiger partial charge on any atom is -0.489 e. The first-order chi connectivity index (χ1) is 9.74. The summed E-state index contributed by atoms with van der Waals surface area (Å²) >= 11 is 0. The molecule has 0 aliphatic carbocycles. The molecule has 2 aromatic rings. The predicted molar refractivity (Wildman–Crippen MR) is 79.1 cm³/mol. The second kappa shape index (κ2) is 5.55. The summed E-state index contributed by atoms with van der Waals surface area (Å²) in [6.45, 7) is 2.50. The van der Waals surface area contributed by atoms with E-state index in [1.165, 1.54) is 5.56 Å². The Labute approximate surface area is 119 Å². The maximum Gasteiger partial charge on any atom is 0.137 e. The number of benzene rings is 2. The third-order valence-electron chi connectivity index (χ3n) is 3.55. The second-order valence-corrected chi connectivity index (χ2v) is 5.19. The number of nitrogens with two attached hydrogens (primary N) is 1. The van der Waals surface area contributed by atoms with Gasteiger partial charge in [-0.1, -0.05) is 36.4 Å². The van der Waals surface area contributed by atoms with Crippen LogP contribution in [0.3, 0.4) is 0 Å². The van der Waals surface area contributed by atoms with Crippen molar-refractivity contribution in [1.29, 1.82) is 0 Å².